The van der Waals surface area contributed by atoms with E-state index in [-0.39, 0.29) is 6.09 Å². The Balaban J connectivity index is 1.65. The molecule has 0 atom stereocenters. The largest absolute Gasteiger partial charge is 0.444 e. The van der Waals surface area contributed by atoms with Gasteiger partial charge in [0.1, 0.15) is 5.60 Å². The van der Waals surface area contributed by atoms with Crippen molar-refractivity contribution in [3.63, 3.8) is 0 Å². The standard InChI is InChI=1S/C16H23N5O2/c1-12-9-18-21-11-13(10-17-14(12)21)19-5-7-20(8-6-19)15(22)23-16(2,3)4/h9-11H,5-8H2,1-4H3. The second-order valence-electron chi connectivity index (χ2n) is 6.86. The molecule has 1 aliphatic rings. The second kappa shape index (κ2) is 5.72. The van der Waals surface area contributed by atoms with E-state index in [1.165, 1.54) is 0 Å². The second-order valence-corrected chi connectivity index (χ2v) is 6.86. The topological polar surface area (TPSA) is 63.0 Å². The molecule has 0 radical (unpaired) electrons. The molecule has 0 aromatic carbocycles. The van der Waals surface area contributed by atoms with Crippen molar-refractivity contribution < 1.29 is 9.53 Å². The zero-order chi connectivity index (χ0) is 16.6. The van der Waals surface area contributed by atoms with Crippen molar-refractivity contribution >= 4 is 17.4 Å². The van der Waals surface area contributed by atoms with E-state index in [2.05, 4.69) is 15.0 Å². The molecule has 7 heteroatoms. The number of hydrogen-bond acceptors (Lipinski definition) is 5. The summed E-state index contributed by atoms with van der Waals surface area (Å²) >= 11 is 0. The Bertz CT molecular complexity index is 711. The minimum absolute atomic E-state index is 0.242. The molecule has 124 valence electrons. The average Bonchev–Trinajstić information content (AvgIpc) is 2.87. The van der Waals surface area contributed by atoms with Gasteiger partial charge in [-0.3, -0.25) is 0 Å². The van der Waals surface area contributed by atoms with Gasteiger partial charge in [0.05, 0.1) is 24.3 Å². The molecular formula is C16H23N5O2. The van der Waals surface area contributed by atoms with Crippen LogP contribution in [0.15, 0.2) is 18.6 Å². The van der Waals surface area contributed by atoms with Gasteiger partial charge in [-0.25, -0.2) is 14.3 Å². The number of aromatic nitrogens is 3. The molecule has 1 saturated heterocycles. The number of rotatable bonds is 1. The number of hydrogen-bond donors (Lipinski definition) is 0. The Morgan fingerprint density at radius 3 is 2.52 bits per heavy atom. The van der Waals surface area contributed by atoms with Crippen molar-refractivity contribution in [1.29, 1.82) is 0 Å². The summed E-state index contributed by atoms with van der Waals surface area (Å²) < 4.78 is 7.22. The summed E-state index contributed by atoms with van der Waals surface area (Å²) in [5, 5.41) is 4.30. The zero-order valence-electron chi connectivity index (χ0n) is 14.1. The maximum Gasteiger partial charge on any atom is 0.410 e. The summed E-state index contributed by atoms with van der Waals surface area (Å²) in [7, 11) is 0. The van der Waals surface area contributed by atoms with Gasteiger partial charge in [0, 0.05) is 31.7 Å². The van der Waals surface area contributed by atoms with Gasteiger partial charge in [-0.2, -0.15) is 5.10 Å². The number of anilines is 1. The lowest BCUT2D eigenvalue weighted by Gasteiger charge is -2.36. The van der Waals surface area contributed by atoms with E-state index in [0.717, 1.165) is 30.0 Å². The van der Waals surface area contributed by atoms with E-state index in [9.17, 15) is 4.79 Å². The fraction of sp³-hybridized carbons (Fsp3) is 0.562. The molecule has 7 nitrogen and oxygen atoms in total. The highest BCUT2D eigenvalue weighted by Crippen LogP contribution is 2.18. The summed E-state index contributed by atoms with van der Waals surface area (Å²) in [5.74, 6) is 0. The SMILES string of the molecule is Cc1cnn2cc(N3CCN(C(=O)OC(C)(C)C)CC3)cnc12. The lowest BCUT2D eigenvalue weighted by atomic mass is 10.2. The molecular weight excluding hydrogens is 294 g/mol. The maximum atomic E-state index is 12.1. The van der Waals surface area contributed by atoms with Crippen LogP contribution in [0, 0.1) is 6.92 Å². The Morgan fingerprint density at radius 2 is 1.87 bits per heavy atom. The Morgan fingerprint density at radius 1 is 1.17 bits per heavy atom. The molecule has 1 fully saturated rings. The molecule has 0 saturated carbocycles. The Labute approximate surface area is 135 Å². The summed E-state index contributed by atoms with van der Waals surface area (Å²) in [5.41, 5.74) is 2.50. The van der Waals surface area contributed by atoms with Crippen LogP contribution in [0.25, 0.3) is 5.65 Å². The summed E-state index contributed by atoms with van der Waals surface area (Å²) in [6, 6.07) is 0. The first-order valence-electron chi connectivity index (χ1n) is 7.86. The van der Waals surface area contributed by atoms with E-state index in [1.807, 2.05) is 46.3 Å². The number of ether oxygens (including phenoxy) is 1. The fourth-order valence-corrected chi connectivity index (χ4v) is 2.62. The predicted molar refractivity (Wildman–Crippen MR) is 87.7 cm³/mol. The molecule has 0 spiro atoms. The highest BCUT2D eigenvalue weighted by Gasteiger charge is 2.26. The summed E-state index contributed by atoms with van der Waals surface area (Å²) in [6.45, 7) is 10.4. The van der Waals surface area contributed by atoms with Crippen molar-refractivity contribution in [2.75, 3.05) is 31.1 Å². The molecule has 2 aromatic rings. The van der Waals surface area contributed by atoms with E-state index >= 15 is 0 Å². The third-order valence-corrected chi connectivity index (χ3v) is 3.82. The molecule has 1 aliphatic heterocycles. The van der Waals surface area contributed by atoms with Crippen molar-refractivity contribution in [2.24, 2.45) is 0 Å². The van der Waals surface area contributed by atoms with Crippen molar-refractivity contribution in [3.8, 4) is 0 Å². The first-order valence-corrected chi connectivity index (χ1v) is 7.86. The zero-order valence-corrected chi connectivity index (χ0v) is 14.1. The molecule has 3 heterocycles. The number of piperazine rings is 1. The quantitative estimate of drug-likeness (QED) is 0.806. The lowest BCUT2D eigenvalue weighted by molar-refractivity contribution is 0.0240. The van der Waals surface area contributed by atoms with Crippen molar-refractivity contribution in [2.45, 2.75) is 33.3 Å². The van der Waals surface area contributed by atoms with E-state index in [0.29, 0.717) is 13.1 Å². The highest BCUT2D eigenvalue weighted by molar-refractivity contribution is 5.68. The molecule has 1 amide bonds. The van der Waals surface area contributed by atoms with Gasteiger partial charge in [0.15, 0.2) is 5.65 Å². The van der Waals surface area contributed by atoms with Crippen molar-refractivity contribution in [3.05, 3.63) is 24.2 Å². The van der Waals surface area contributed by atoms with Crippen LogP contribution in [0.4, 0.5) is 10.5 Å². The number of nitrogens with zero attached hydrogens (tertiary/aromatic N) is 5. The van der Waals surface area contributed by atoms with Gasteiger partial charge in [-0.1, -0.05) is 0 Å². The highest BCUT2D eigenvalue weighted by atomic mass is 16.6. The number of carbonyl (C=O) groups is 1. The Kier molecular flexibility index (Phi) is 3.87. The molecule has 0 aliphatic carbocycles. The minimum Gasteiger partial charge on any atom is -0.444 e. The van der Waals surface area contributed by atoms with Crippen LogP contribution in [0.2, 0.25) is 0 Å². The summed E-state index contributed by atoms with van der Waals surface area (Å²) in [4.78, 5) is 20.5. The normalized spacial score (nSPS) is 16.0. The van der Waals surface area contributed by atoms with Crippen LogP contribution >= 0.6 is 0 Å². The minimum atomic E-state index is -0.457. The van der Waals surface area contributed by atoms with Crippen LogP contribution in [-0.2, 0) is 4.74 Å². The van der Waals surface area contributed by atoms with Gasteiger partial charge in [0.25, 0.3) is 0 Å². The smallest absolute Gasteiger partial charge is 0.410 e. The monoisotopic (exact) mass is 317 g/mol. The lowest BCUT2D eigenvalue weighted by Crippen LogP contribution is -2.50. The molecule has 0 unspecified atom stereocenters. The first-order chi connectivity index (χ1) is 10.8. The predicted octanol–water partition coefficient (Wildman–Crippen LogP) is 2.09. The fourth-order valence-electron chi connectivity index (χ4n) is 2.62. The molecule has 2 aromatic heterocycles. The first kappa shape index (κ1) is 15.6. The Hall–Kier alpha value is -2.31. The number of fused-ring (bicyclic) bond motifs is 1. The van der Waals surface area contributed by atoms with Gasteiger partial charge in [-0.15, -0.1) is 0 Å². The molecule has 0 N–H and O–H groups in total. The number of amides is 1. The molecule has 3 rings (SSSR count). The van der Waals surface area contributed by atoms with Gasteiger partial charge >= 0.3 is 6.09 Å². The van der Waals surface area contributed by atoms with E-state index in [1.54, 1.807) is 9.42 Å². The third-order valence-electron chi connectivity index (χ3n) is 3.82. The number of carbonyl (C=O) groups excluding carboxylic acids is 1. The van der Waals surface area contributed by atoms with Crippen LogP contribution in [0.3, 0.4) is 0 Å². The molecule has 23 heavy (non-hydrogen) atoms. The van der Waals surface area contributed by atoms with Crippen LogP contribution in [0.5, 0.6) is 0 Å². The van der Waals surface area contributed by atoms with Gasteiger partial charge in [-0.05, 0) is 27.7 Å². The molecule has 0 bridgehead atoms. The average molecular weight is 317 g/mol. The number of aryl methyl sites for hydroxylation is 1. The van der Waals surface area contributed by atoms with Crippen molar-refractivity contribution in [1.82, 2.24) is 19.5 Å². The van der Waals surface area contributed by atoms with E-state index in [4.69, 9.17) is 4.74 Å². The van der Waals surface area contributed by atoms with Crippen LogP contribution in [-0.4, -0.2) is 57.4 Å². The van der Waals surface area contributed by atoms with Crippen LogP contribution in [0.1, 0.15) is 26.3 Å². The third kappa shape index (κ3) is 3.38. The van der Waals surface area contributed by atoms with E-state index < -0.39 is 5.60 Å². The van der Waals surface area contributed by atoms with Crippen LogP contribution < -0.4 is 4.90 Å². The summed E-state index contributed by atoms with van der Waals surface area (Å²) in [6.07, 6.45) is 5.42. The maximum absolute atomic E-state index is 12.1. The van der Waals surface area contributed by atoms with Gasteiger partial charge in [0.2, 0.25) is 0 Å². The van der Waals surface area contributed by atoms with Gasteiger partial charge < -0.3 is 14.5 Å².